The molecule has 0 unspecified atom stereocenters. The molecule has 0 saturated heterocycles. The third-order valence-corrected chi connectivity index (χ3v) is 4.64. The van der Waals surface area contributed by atoms with Gasteiger partial charge in [0, 0.05) is 42.0 Å². The molecule has 4 aromatic rings. The van der Waals surface area contributed by atoms with Crippen LogP contribution in [-0.4, -0.2) is 26.8 Å². The number of hydrogen-bond acceptors (Lipinski definition) is 4. The number of aryl methyl sites for hydroxylation is 1. The lowest BCUT2D eigenvalue weighted by Gasteiger charge is -2.11. The Morgan fingerprint density at radius 3 is 2.64 bits per heavy atom. The number of nitrogens with zero attached hydrogens (tertiary/aromatic N) is 2. The Kier molecular flexibility index (Phi) is 6.03. The van der Waals surface area contributed by atoms with E-state index in [1.807, 2.05) is 0 Å². The van der Waals surface area contributed by atoms with Gasteiger partial charge in [-0.05, 0) is 48.9 Å². The summed E-state index contributed by atoms with van der Waals surface area (Å²) in [4.78, 5) is 27.6. The summed E-state index contributed by atoms with van der Waals surface area (Å²) in [6.07, 6.45) is 3.34. The third kappa shape index (κ3) is 5.34. The molecule has 0 radical (unpaired) electrons. The first-order valence-corrected chi connectivity index (χ1v) is 9.87. The normalized spacial score (nSPS) is 10.5. The number of carbonyl (C=O) groups excluding carboxylic acids is 1. The van der Waals surface area contributed by atoms with Gasteiger partial charge in [-0.1, -0.05) is 12.1 Å². The van der Waals surface area contributed by atoms with Gasteiger partial charge in [-0.2, -0.15) is 0 Å². The minimum absolute atomic E-state index is 0.0842. The zero-order chi connectivity index (χ0) is 23.4. The summed E-state index contributed by atoms with van der Waals surface area (Å²) in [5.41, 5.74) is 2.52. The second kappa shape index (κ2) is 9.23. The van der Waals surface area contributed by atoms with Crippen molar-refractivity contribution in [2.24, 2.45) is 0 Å². The van der Waals surface area contributed by atoms with Gasteiger partial charge in [0.15, 0.2) is 0 Å². The molecule has 33 heavy (non-hydrogen) atoms. The van der Waals surface area contributed by atoms with Crippen molar-refractivity contribution >= 4 is 23.5 Å². The van der Waals surface area contributed by atoms with Crippen molar-refractivity contribution in [2.45, 2.75) is 6.92 Å². The molecule has 9 heteroatoms. The largest absolute Gasteiger partial charge is 0.464 e. The summed E-state index contributed by atoms with van der Waals surface area (Å²) in [6.45, 7) is 1.80. The fourth-order valence-corrected chi connectivity index (χ4v) is 3.09. The maximum absolute atomic E-state index is 13.9. The highest BCUT2D eigenvalue weighted by Gasteiger charge is 2.10. The van der Waals surface area contributed by atoms with Crippen LogP contribution in [0.1, 0.15) is 5.56 Å². The Labute approximate surface area is 188 Å². The van der Waals surface area contributed by atoms with Crippen molar-refractivity contribution in [2.75, 3.05) is 10.6 Å². The lowest BCUT2D eigenvalue weighted by atomic mass is 10.2. The Morgan fingerprint density at radius 2 is 1.85 bits per heavy atom. The monoisotopic (exact) mass is 446 g/mol. The Bertz CT molecular complexity index is 1340. The minimum atomic E-state index is -1.09. The molecule has 4 rings (SSSR count). The summed E-state index contributed by atoms with van der Waals surface area (Å²) >= 11 is 0. The minimum Gasteiger partial charge on any atom is -0.464 e. The number of carbonyl (C=O) groups is 2. The summed E-state index contributed by atoms with van der Waals surface area (Å²) in [5.74, 6) is 0.404. The molecule has 3 N–H and O–H groups in total. The molecule has 8 nitrogen and oxygen atoms in total. The zero-order valence-electron chi connectivity index (χ0n) is 17.4. The number of aromatic nitrogens is 2. The standard InChI is InChI=1S/C24H19FN4O4/c1-15-5-6-20(25)22(11-15)28-23(30)27-17-3-2-4-18(12-17)33-19-7-9-26-21(13-19)16-8-10-29(14-16)24(31)32/h2-14H,1H3,(H,31,32)(H2,27,28,30). The molecule has 0 atom stereocenters. The van der Waals surface area contributed by atoms with Crippen molar-refractivity contribution in [3.63, 3.8) is 0 Å². The highest BCUT2D eigenvalue weighted by Crippen LogP contribution is 2.27. The maximum Gasteiger partial charge on any atom is 0.415 e. The lowest BCUT2D eigenvalue weighted by molar-refractivity contribution is 0.196. The van der Waals surface area contributed by atoms with E-state index < -0.39 is 17.9 Å². The van der Waals surface area contributed by atoms with Crippen LogP contribution in [-0.2, 0) is 0 Å². The van der Waals surface area contributed by atoms with Gasteiger partial charge in [0.1, 0.15) is 17.3 Å². The van der Waals surface area contributed by atoms with Crippen LogP contribution in [0.15, 0.2) is 79.3 Å². The van der Waals surface area contributed by atoms with E-state index >= 15 is 0 Å². The number of pyridine rings is 1. The van der Waals surface area contributed by atoms with E-state index in [-0.39, 0.29) is 5.69 Å². The van der Waals surface area contributed by atoms with Crippen molar-refractivity contribution in [3.8, 4) is 22.8 Å². The van der Waals surface area contributed by atoms with E-state index in [2.05, 4.69) is 15.6 Å². The fourth-order valence-electron chi connectivity index (χ4n) is 3.09. The average Bonchev–Trinajstić information content (AvgIpc) is 3.28. The molecule has 0 saturated carbocycles. The van der Waals surface area contributed by atoms with Crippen molar-refractivity contribution in [1.82, 2.24) is 9.55 Å². The second-order valence-corrected chi connectivity index (χ2v) is 7.16. The highest BCUT2D eigenvalue weighted by molar-refractivity contribution is 6.00. The molecule has 0 bridgehead atoms. The summed E-state index contributed by atoms with van der Waals surface area (Å²) < 4.78 is 20.8. The first-order chi connectivity index (χ1) is 15.9. The number of nitrogens with one attached hydrogen (secondary N) is 2. The van der Waals surface area contributed by atoms with Crippen molar-refractivity contribution in [1.29, 1.82) is 0 Å². The molecule has 0 spiro atoms. The van der Waals surface area contributed by atoms with Gasteiger partial charge in [-0.25, -0.2) is 14.0 Å². The molecular weight excluding hydrogens is 427 g/mol. The number of benzene rings is 2. The van der Waals surface area contributed by atoms with Gasteiger partial charge in [0.2, 0.25) is 0 Å². The van der Waals surface area contributed by atoms with Crippen LogP contribution in [0.2, 0.25) is 0 Å². The predicted octanol–water partition coefficient (Wildman–Crippen LogP) is 5.96. The number of anilines is 2. The van der Waals surface area contributed by atoms with Crippen LogP contribution in [0.25, 0.3) is 11.3 Å². The Hall–Kier alpha value is -4.66. The van der Waals surface area contributed by atoms with Gasteiger partial charge in [-0.15, -0.1) is 0 Å². The molecule has 0 aliphatic rings. The molecule has 2 aromatic carbocycles. The first kappa shape index (κ1) is 21.6. The molecule has 0 fully saturated rings. The van der Waals surface area contributed by atoms with E-state index in [1.165, 1.54) is 18.5 Å². The number of urea groups is 1. The van der Waals surface area contributed by atoms with Gasteiger partial charge in [0.05, 0.1) is 11.4 Å². The summed E-state index contributed by atoms with van der Waals surface area (Å²) in [6, 6.07) is 15.5. The SMILES string of the molecule is Cc1ccc(F)c(NC(=O)Nc2cccc(Oc3ccnc(-c4ccn(C(=O)O)c4)c3)c2)c1. The van der Waals surface area contributed by atoms with Crippen LogP contribution < -0.4 is 15.4 Å². The van der Waals surface area contributed by atoms with E-state index in [0.717, 1.165) is 10.1 Å². The molecule has 166 valence electrons. The van der Waals surface area contributed by atoms with Crippen LogP contribution in [0.5, 0.6) is 11.5 Å². The molecule has 2 aromatic heterocycles. The smallest absolute Gasteiger partial charge is 0.415 e. The number of rotatable bonds is 5. The lowest BCUT2D eigenvalue weighted by Crippen LogP contribution is -2.20. The molecule has 0 aliphatic heterocycles. The van der Waals surface area contributed by atoms with Crippen molar-refractivity contribution < 1.29 is 23.8 Å². The second-order valence-electron chi connectivity index (χ2n) is 7.16. The Balaban J connectivity index is 1.45. The molecule has 0 aliphatic carbocycles. The van der Waals surface area contributed by atoms with E-state index in [9.17, 15) is 14.0 Å². The van der Waals surface area contributed by atoms with Crippen LogP contribution in [0.3, 0.4) is 0 Å². The number of hydrogen-bond donors (Lipinski definition) is 3. The quantitative estimate of drug-likeness (QED) is 0.351. The average molecular weight is 446 g/mol. The first-order valence-electron chi connectivity index (χ1n) is 9.87. The Morgan fingerprint density at radius 1 is 1.03 bits per heavy atom. The molecule has 2 amide bonds. The van der Waals surface area contributed by atoms with Crippen LogP contribution in [0, 0.1) is 12.7 Å². The number of carboxylic acid groups (broad SMARTS) is 1. The zero-order valence-corrected chi connectivity index (χ0v) is 17.4. The van der Waals surface area contributed by atoms with E-state index in [4.69, 9.17) is 9.84 Å². The number of halogens is 1. The van der Waals surface area contributed by atoms with Gasteiger partial charge >= 0.3 is 12.1 Å². The van der Waals surface area contributed by atoms with Crippen molar-refractivity contribution in [3.05, 3.63) is 90.6 Å². The predicted molar refractivity (Wildman–Crippen MR) is 121 cm³/mol. The molecule has 2 heterocycles. The summed E-state index contributed by atoms with van der Waals surface area (Å²) in [7, 11) is 0. The van der Waals surface area contributed by atoms with Gasteiger partial charge < -0.3 is 20.5 Å². The maximum atomic E-state index is 13.9. The van der Waals surface area contributed by atoms with E-state index in [0.29, 0.717) is 28.4 Å². The van der Waals surface area contributed by atoms with Crippen LogP contribution in [0.4, 0.5) is 25.4 Å². The molecular formula is C24H19FN4O4. The highest BCUT2D eigenvalue weighted by atomic mass is 19.1. The third-order valence-electron chi connectivity index (χ3n) is 4.64. The number of amides is 2. The summed E-state index contributed by atoms with van der Waals surface area (Å²) in [5, 5.41) is 14.2. The van der Waals surface area contributed by atoms with Crippen LogP contribution >= 0.6 is 0 Å². The fraction of sp³-hybridized carbons (Fsp3) is 0.0417. The van der Waals surface area contributed by atoms with Gasteiger partial charge in [-0.3, -0.25) is 9.55 Å². The van der Waals surface area contributed by atoms with E-state index in [1.54, 1.807) is 67.7 Å². The number of ether oxygens (including phenoxy) is 1. The van der Waals surface area contributed by atoms with Gasteiger partial charge in [0.25, 0.3) is 0 Å². The topological polar surface area (TPSA) is 105 Å².